The minimum Gasteiger partial charge on any atom is -0.476 e. The van der Waals surface area contributed by atoms with E-state index in [1.807, 2.05) is 31.2 Å². The summed E-state index contributed by atoms with van der Waals surface area (Å²) in [4.78, 5) is 8.11. The molecule has 1 unspecified atom stereocenters. The molecule has 1 aromatic carbocycles. The highest BCUT2D eigenvalue weighted by Crippen LogP contribution is 2.26. The van der Waals surface area contributed by atoms with Gasteiger partial charge in [-0.05, 0) is 24.1 Å². The molecular formula is C16H18ClN5O. The number of ether oxygens (including phenoxy) is 1. The van der Waals surface area contributed by atoms with Crippen molar-refractivity contribution in [1.29, 1.82) is 5.26 Å². The van der Waals surface area contributed by atoms with Gasteiger partial charge in [-0.2, -0.15) is 5.26 Å². The van der Waals surface area contributed by atoms with Crippen molar-refractivity contribution in [2.24, 2.45) is 0 Å². The van der Waals surface area contributed by atoms with E-state index in [0.717, 1.165) is 5.56 Å². The predicted molar refractivity (Wildman–Crippen MR) is 90.7 cm³/mol. The van der Waals surface area contributed by atoms with Gasteiger partial charge in [0.1, 0.15) is 23.8 Å². The number of nitrogens with zero attached hydrogens (tertiary/aromatic N) is 3. The van der Waals surface area contributed by atoms with E-state index >= 15 is 0 Å². The average Bonchev–Trinajstić information content (AvgIpc) is 2.58. The normalized spacial score (nSPS) is 11.4. The van der Waals surface area contributed by atoms with Crippen LogP contribution in [0.2, 0.25) is 5.15 Å². The summed E-state index contributed by atoms with van der Waals surface area (Å²) < 4.78 is 5.62. The molecule has 7 heteroatoms. The first-order chi connectivity index (χ1) is 11.2. The quantitative estimate of drug-likeness (QED) is 0.756. The van der Waals surface area contributed by atoms with Gasteiger partial charge in [0.2, 0.25) is 0 Å². The van der Waals surface area contributed by atoms with E-state index in [2.05, 4.69) is 26.7 Å². The van der Waals surface area contributed by atoms with Crippen molar-refractivity contribution in [2.75, 3.05) is 17.7 Å². The molecule has 6 nitrogen and oxygen atoms in total. The molecule has 23 heavy (non-hydrogen) atoms. The summed E-state index contributed by atoms with van der Waals surface area (Å²) in [5.74, 6) is 1.30. The number of rotatable bonds is 7. The lowest BCUT2D eigenvalue weighted by atomic mass is 10.2. The molecule has 1 heterocycles. The maximum Gasteiger partial charge on any atom is 0.184 e. The van der Waals surface area contributed by atoms with E-state index in [4.69, 9.17) is 21.6 Å². The smallest absolute Gasteiger partial charge is 0.184 e. The highest BCUT2D eigenvalue weighted by atomic mass is 35.5. The highest BCUT2D eigenvalue weighted by molar-refractivity contribution is 6.32. The van der Waals surface area contributed by atoms with Crippen LogP contribution in [0.25, 0.3) is 0 Å². The molecule has 1 atom stereocenters. The predicted octanol–water partition coefficient (Wildman–Crippen LogP) is 3.46. The van der Waals surface area contributed by atoms with Crippen molar-refractivity contribution >= 4 is 23.1 Å². The fraction of sp³-hybridized carbons (Fsp3) is 0.312. The lowest BCUT2D eigenvalue weighted by molar-refractivity contribution is 0.251. The number of halogens is 1. The first-order valence-corrected chi connectivity index (χ1v) is 7.63. The topological polar surface area (TPSA) is 82.9 Å². The van der Waals surface area contributed by atoms with E-state index in [1.165, 1.54) is 6.33 Å². The van der Waals surface area contributed by atoms with Gasteiger partial charge in [0.05, 0.1) is 0 Å². The Morgan fingerprint density at radius 3 is 2.91 bits per heavy atom. The van der Waals surface area contributed by atoms with Gasteiger partial charge in [0.15, 0.2) is 17.1 Å². The number of aromatic nitrogens is 2. The van der Waals surface area contributed by atoms with Gasteiger partial charge in [-0.25, -0.2) is 9.97 Å². The van der Waals surface area contributed by atoms with Crippen LogP contribution < -0.4 is 15.4 Å². The van der Waals surface area contributed by atoms with Crippen LogP contribution in [0.3, 0.4) is 0 Å². The monoisotopic (exact) mass is 331 g/mol. The molecule has 2 rings (SSSR count). The van der Waals surface area contributed by atoms with E-state index in [9.17, 15) is 0 Å². The standard InChI is InChI=1S/C16H18ClN5O/c1-3-12(8-18)23-13-6-4-5-11(7-13)9-20-16-14(19-2)15(17)21-10-22-16/h4-7,10,12,19H,3,9H2,1-2H3,(H,20,21,22). The number of hydrogen-bond donors (Lipinski definition) is 2. The molecule has 0 fully saturated rings. The minimum absolute atomic E-state index is 0.363. The lowest BCUT2D eigenvalue weighted by Crippen LogP contribution is -2.12. The maximum absolute atomic E-state index is 8.97. The molecule has 0 bridgehead atoms. The summed E-state index contributed by atoms with van der Waals surface area (Å²) in [5, 5.41) is 15.5. The fourth-order valence-electron chi connectivity index (χ4n) is 2.00. The molecular weight excluding hydrogens is 314 g/mol. The van der Waals surface area contributed by atoms with Crippen molar-refractivity contribution in [2.45, 2.75) is 26.0 Å². The molecule has 2 N–H and O–H groups in total. The molecule has 120 valence electrons. The molecule has 0 radical (unpaired) electrons. The minimum atomic E-state index is -0.435. The third-order valence-electron chi connectivity index (χ3n) is 3.20. The van der Waals surface area contributed by atoms with Crippen molar-refractivity contribution in [3.05, 3.63) is 41.3 Å². The van der Waals surface area contributed by atoms with E-state index in [-0.39, 0.29) is 0 Å². The Hall–Kier alpha value is -2.52. The van der Waals surface area contributed by atoms with Gasteiger partial charge < -0.3 is 15.4 Å². The second-order valence-corrected chi connectivity index (χ2v) is 5.14. The summed E-state index contributed by atoms with van der Waals surface area (Å²) in [6.07, 6.45) is 1.61. The molecule has 0 amide bonds. The molecule has 0 aliphatic carbocycles. The Morgan fingerprint density at radius 1 is 1.39 bits per heavy atom. The van der Waals surface area contributed by atoms with Crippen LogP contribution in [-0.2, 0) is 6.54 Å². The van der Waals surface area contributed by atoms with Crippen molar-refractivity contribution < 1.29 is 4.74 Å². The summed E-state index contributed by atoms with van der Waals surface area (Å²) in [6.45, 7) is 2.46. The molecule has 0 aliphatic heterocycles. The summed E-state index contributed by atoms with van der Waals surface area (Å²) in [5.41, 5.74) is 1.66. The summed E-state index contributed by atoms with van der Waals surface area (Å²) in [7, 11) is 1.76. The summed E-state index contributed by atoms with van der Waals surface area (Å²) >= 11 is 6.02. The van der Waals surface area contributed by atoms with Gasteiger partial charge in [0.25, 0.3) is 0 Å². The van der Waals surface area contributed by atoms with Crippen LogP contribution in [0.5, 0.6) is 5.75 Å². The van der Waals surface area contributed by atoms with E-state index < -0.39 is 6.10 Å². The van der Waals surface area contributed by atoms with Crippen molar-refractivity contribution in [1.82, 2.24) is 9.97 Å². The van der Waals surface area contributed by atoms with Crippen LogP contribution in [0.15, 0.2) is 30.6 Å². The van der Waals surface area contributed by atoms with Crippen LogP contribution in [0.4, 0.5) is 11.5 Å². The van der Waals surface area contributed by atoms with Gasteiger partial charge in [0, 0.05) is 13.6 Å². The zero-order valence-corrected chi connectivity index (χ0v) is 13.8. The number of anilines is 2. The molecule has 1 aromatic heterocycles. The maximum atomic E-state index is 8.97. The fourth-order valence-corrected chi connectivity index (χ4v) is 2.23. The summed E-state index contributed by atoms with van der Waals surface area (Å²) in [6, 6.07) is 9.71. The third kappa shape index (κ3) is 4.47. The highest BCUT2D eigenvalue weighted by Gasteiger charge is 2.09. The zero-order chi connectivity index (χ0) is 16.7. The molecule has 0 saturated heterocycles. The lowest BCUT2D eigenvalue weighted by Gasteiger charge is -2.13. The van der Waals surface area contributed by atoms with Gasteiger partial charge in [-0.1, -0.05) is 30.7 Å². The largest absolute Gasteiger partial charge is 0.476 e. The Kier molecular flexibility index (Phi) is 6.01. The second kappa shape index (κ2) is 8.20. The van der Waals surface area contributed by atoms with E-state index in [0.29, 0.717) is 35.4 Å². The van der Waals surface area contributed by atoms with Crippen LogP contribution in [0, 0.1) is 11.3 Å². The Bertz CT molecular complexity index is 701. The molecule has 2 aromatic rings. The number of benzene rings is 1. The number of nitrogens with one attached hydrogen (secondary N) is 2. The molecule has 0 aliphatic rings. The van der Waals surface area contributed by atoms with Gasteiger partial charge >= 0.3 is 0 Å². The van der Waals surface area contributed by atoms with Crippen molar-refractivity contribution in [3.8, 4) is 11.8 Å². The zero-order valence-electron chi connectivity index (χ0n) is 13.0. The average molecular weight is 332 g/mol. The first-order valence-electron chi connectivity index (χ1n) is 7.25. The molecule has 0 saturated carbocycles. The number of nitriles is 1. The number of hydrogen-bond acceptors (Lipinski definition) is 6. The second-order valence-electron chi connectivity index (χ2n) is 4.78. The Balaban J connectivity index is 2.07. The van der Waals surface area contributed by atoms with Crippen LogP contribution in [-0.4, -0.2) is 23.1 Å². The van der Waals surface area contributed by atoms with Crippen LogP contribution in [0.1, 0.15) is 18.9 Å². The van der Waals surface area contributed by atoms with Gasteiger partial charge in [-0.3, -0.25) is 0 Å². The Morgan fingerprint density at radius 2 is 2.22 bits per heavy atom. The first kappa shape index (κ1) is 16.8. The van der Waals surface area contributed by atoms with Crippen molar-refractivity contribution in [3.63, 3.8) is 0 Å². The molecule has 0 spiro atoms. The van der Waals surface area contributed by atoms with Gasteiger partial charge in [-0.15, -0.1) is 0 Å². The van der Waals surface area contributed by atoms with Crippen LogP contribution >= 0.6 is 11.6 Å². The SMILES string of the molecule is CCC(C#N)Oc1cccc(CNc2ncnc(Cl)c2NC)c1. The Labute approximate surface area is 140 Å². The van der Waals surface area contributed by atoms with E-state index in [1.54, 1.807) is 7.05 Å². The third-order valence-corrected chi connectivity index (χ3v) is 3.49.